The summed E-state index contributed by atoms with van der Waals surface area (Å²) in [5, 5.41) is 7.46. The third-order valence-electron chi connectivity index (χ3n) is 3.17. The van der Waals surface area contributed by atoms with Gasteiger partial charge >= 0.3 is 0 Å². The summed E-state index contributed by atoms with van der Waals surface area (Å²) in [6.45, 7) is 7.55. The van der Waals surface area contributed by atoms with Crippen molar-refractivity contribution in [2.75, 3.05) is 20.1 Å². The molecule has 0 unspecified atom stereocenters. The molecule has 0 aromatic carbocycles. The topological polar surface area (TPSA) is 79.3 Å². The molecule has 7 nitrogen and oxygen atoms in total. The van der Waals surface area contributed by atoms with Gasteiger partial charge in [0, 0.05) is 45.0 Å². The molecular weight excluding hydrogens is 290 g/mol. The van der Waals surface area contributed by atoms with Crippen LogP contribution >= 0.6 is 0 Å². The van der Waals surface area contributed by atoms with Crippen LogP contribution in [0.5, 0.6) is 0 Å². The first-order chi connectivity index (χ1) is 9.72. The Kier molecular flexibility index (Phi) is 6.79. The van der Waals surface area contributed by atoms with E-state index < -0.39 is 10.2 Å². The lowest BCUT2D eigenvalue weighted by atomic mass is 10.3. The van der Waals surface area contributed by atoms with Crippen molar-refractivity contribution in [1.29, 1.82) is 0 Å². The van der Waals surface area contributed by atoms with Crippen molar-refractivity contribution < 1.29 is 8.42 Å². The predicted octanol–water partition coefficient (Wildman–Crippen LogP) is 0.383. The van der Waals surface area contributed by atoms with Crippen molar-refractivity contribution in [3.8, 4) is 0 Å². The van der Waals surface area contributed by atoms with Crippen molar-refractivity contribution in [3.63, 3.8) is 0 Å². The van der Waals surface area contributed by atoms with E-state index in [1.807, 2.05) is 20.2 Å². The minimum absolute atomic E-state index is 0.261. The Balaban J connectivity index is 2.43. The Morgan fingerprint density at radius 1 is 1.43 bits per heavy atom. The number of nitrogens with zero attached hydrogens (tertiary/aromatic N) is 3. The first kappa shape index (κ1) is 18.1. The molecule has 0 fully saturated rings. The number of aromatic nitrogens is 2. The summed E-state index contributed by atoms with van der Waals surface area (Å²) in [5.74, 6) is 0. The maximum Gasteiger partial charge on any atom is 0.279 e. The van der Waals surface area contributed by atoms with Gasteiger partial charge in [-0.2, -0.15) is 22.5 Å². The molecule has 8 heteroatoms. The van der Waals surface area contributed by atoms with E-state index in [-0.39, 0.29) is 6.54 Å². The molecule has 0 radical (unpaired) electrons. The number of rotatable bonds is 9. The number of hydrogen-bond acceptors (Lipinski definition) is 4. The number of hydrogen-bond donors (Lipinski definition) is 2. The van der Waals surface area contributed by atoms with E-state index in [0.29, 0.717) is 12.6 Å². The summed E-state index contributed by atoms with van der Waals surface area (Å²) in [7, 11) is -0.0388. The van der Waals surface area contributed by atoms with Crippen LogP contribution in [0.25, 0.3) is 0 Å². The molecule has 1 rings (SSSR count). The monoisotopic (exact) mass is 317 g/mol. The lowest BCUT2D eigenvalue weighted by Crippen LogP contribution is -2.39. The molecular formula is C13H27N5O2S. The average Bonchev–Trinajstić information content (AvgIpc) is 2.70. The van der Waals surface area contributed by atoms with E-state index >= 15 is 0 Å². The zero-order valence-electron chi connectivity index (χ0n) is 13.5. The zero-order valence-corrected chi connectivity index (χ0v) is 14.4. The molecule has 0 bridgehead atoms. The minimum atomic E-state index is -3.45. The Morgan fingerprint density at radius 2 is 2.10 bits per heavy atom. The second-order valence-corrected chi connectivity index (χ2v) is 7.39. The highest BCUT2D eigenvalue weighted by Crippen LogP contribution is 2.05. The molecule has 0 aliphatic carbocycles. The van der Waals surface area contributed by atoms with Crippen LogP contribution in [0.2, 0.25) is 0 Å². The van der Waals surface area contributed by atoms with Crippen molar-refractivity contribution in [2.24, 2.45) is 7.05 Å². The van der Waals surface area contributed by atoms with Gasteiger partial charge in [-0.1, -0.05) is 13.8 Å². The third-order valence-corrected chi connectivity index (χ3v) is 4.69. The van der Waals surface area contributed by atoms with Crippen LogP contribution in [0, 0.1) is 6.92 Å². The fourth-order valence-corrected chi connectivity index (χ4v) is 2.84. The van der Waals surface area contributed by atoms with Gasteiger partial charge in [-0.3, -0.25) is 4.68 Å². The van der Waals surface area contributed by atoms with Crippen LogP contribution < -0.4 is 10.0 Å². The van der Waals surface area contributed by atoms with Crippen molar-refractivity contribution in [3.05, 3.63) is 17.5 Å². The fraction of sp³-hybridized carbons (Fsp3) is 0.769. The maximum absolute atomic E-state index is 12.1. The first-order valence-electron chi connectivity index (χ1n) is 7.16. The number of aryl methyl sites for hydroxylation is 2. The normalized spacial score (nSPS) is 12.5. The van der Waals surface area contributed by atoms with Gasteiger partial charge < -0.3 is 5.32 Å². The molecule has 1 aromatic rings. The van der Waals surface area contributed by atoms with Gasteiger partial charge in [0.15, 0.2) is 0 Å². The highest BCUT2D eigenvalue weighted by atomic mass is 32.2. The van der Waals surface area contributed by atoms with E-state index in [1.54, 1.807) is 11.7 Å². The molecule has 0 amide bonds. The summed E-state index contributed by atoms with van der Waals surface area (Å²) >= 11 is 0. The summed E-state index contributed by atoms with van der Waals surface area (Å²) in [6.07, 6.45) is 2.60. The molecule has 2 N–H and O–H groups in total. The summed E-state index contributed by atoms with van der Waals surface area (Å²) in [4.78, 5) is 0. The van der Waals surface area contributed by atoms with E-state index in [0.717, 1.165) is 24.2 Å². The van der Waals surface area contributed by atoms with E-state index in [2.05, 4.69) is 29.0 Å². The van der Waals surface area contributed by atoms with Crippen LogP contribution in [0.4, 0.5) is 0 Å². The lowest BCUT2D eigenvalue weighted by Gasteiger charge is -2.18. The second-order valence-electron chi connectivity index (χ2n) is 5.52. The Morgan fingerprint density at radius 3 is 2.62 bits per heavy atom. The second kappa shape index (κ2) is 7.88. The van der Waals surface area contributed by atoms with Gasteiger partial charge in [-0.05, 0) is 19.9 Å². The van der Waals surface area contributed by atoms with E-state index in [4.69, 9.17) is 0 Å². The summed E-state index contributed by atoms with van der Waals surface area (Å²) < 4.78 is 29.9. The van der Waals surface area contributed by atoms with Crippen LogP contribution in [0.1, 0.15) is 31.5 Å². The SMILES string of the molecule is Cc1nn(C)cc1CNS(=O)(=O)N(C)CCCNC(C)C. The van der Waals surface area contributed by atoms with Crippen LogP contribution in [0.3, 0.4) is 0 Å². The predicted molar refractivity (Wildman–Crippen MR) is 84.1 cm³/mol. The molecule has 0 saturated heterocycles. The Bertz CT molecular complexity index is 539. The minimum Gasteiger partial charge on any atom is -0.314 e. The zero-order chi connectivity index (χ0) is 16.0. The van der Waals surface area contributed by atoms with Crippen molar-refractivity contribution in [2.45, 2.75) is 39.8 Å². The largest absolute Gasteiger partial charge is 0.314 e. The van der Waals surface area contributed by atoms with Gasteiger partial charge in [0.25, 0.3) is 10.2 Å². The molecule has 122 valence electrons. The molecule has 0 aliphatic rings. The van der Waals surface area contributed by atoms with Crippen LogP contribution in [-0.4, -0.2) is 48.7 Å². The fourth-order valence-electron chi connectivity index (χ4n) is 1.91. The lowest BCUT2D eigenvalue weighted by molar-refractivity contribution is 0.439. The van der Waals surface area contributed by atoms with Crippen molar-refractivity contribution in [1.82, 2.24) is 24.1 Å². The average molecular weight is 317 g/mol. The molecule has 0 aliphatic heterocycles. The molecule has 0 spiro atoms. The molecule has 21 heavy (non-hydrogen) atoms. The van der Waals surface area contributed by atoms with Gasteiger partial charge in [0.2, 0.25) is 0 Å². The van der Waals surface area contributed by atoms with Crippen LogP contribution in [-0.2, 0) is 23.8 Å². The van der Waals surface area contributed by atoms with Gasteiger partial charge in [-0.25, -0.2) is 0 Å². The quantitative estimate of drug-likeness (QED) is 0.646. The van der Waals surface area contributed by atoms with Gasteiger partial charge in [0.1, 0.15) is 0 Å². The van der Waals surface area contributed by atoms with Crippen molar-refractivity contribution >= 4 is 10.2 Å². The summed E-state index contributed by atoms with van der Waals surface area (Å²) in [6, 6.07) is 0.415. The summed E-state index contributed by atoms with van der Waals surface area (Å²) in [5.41, 5.74) is 1.72. The smallest absolute Gasteiger partial charge is 0.279 e. The Labute approximate surface area is 127 Å². The molecule has 0 atom stereocenters. The van der Waals surface area contributed by atoms with E-state index in [9.17, 15) is 8.42 Å². The standard InChI is InChI=1S/C13H27N5O2S/c1-11(2)14-7-6-8-18(5)21(19,20)15-9-13-10-17(4)16-12(13)3/h10-11,14-15H,6-9H2,1-5H3. The highest BCUT2D eigenvalue weighted by Gasteiger charge is 2.17. The molecule has 0 saturated carbocycles. The molecule has 1 aromatic heterocycles. The third kappa shape index (κ3) is 6.13. The maximum atomic E-state index is 12.1. The van der Waals surface area contributed by atoms with E-state index in [1.165, 1.54) is 4.31 Å². The number of nitrogens with one attached hydrogen (secondary N) is 2. The van der Waals surface area contributed by atoms with Gasteiger partial charge in [-0.15, -0.1) is 0 Å². The highest BCUT2D eigenvalue weighted by molar-refractivity contribution is 7.87. The van der Waals surface area contributed by atoms with Crippen LogP contribution in [0.15, 0.2) is 6.20 Å². The first-order valence-corrected chi connectivity index (χ1v) is 8.60. The molecule has 1 heterocycles. The Hall–Kier alpha value is -0.960. The van der Waals surface area contributed by atoms with Gasteiger partial charge in [0.05, 0.1) is 5.69 Å².